The van der Waals surface area contributed by atoms with E-state index in [0.29, 0.717) is 23.6 Å². The highest BCUT2D eigenvalue weighted by atomic mass is 32.2. The zero-order chi connectivity index (χ0) is 14.3. The van der Waals surface area contributed by atoms with Crippen LogP contribution in [-0.2, 0) is 8.98 Å². The van der Waals surface area contributed by atoms with Crippen LogP contribution in [0.25, 0.3) is 0 Å². The minimum atomic E-state index is -0.774. The van der Waals surface area contributed by atoms with Gasteiger partial charge in [0.15, 0.2) is 11.5 Å². The number of methoxy groups -OCH3 is 1. The van der Waals surface area contributed by atoms with Gasteiger partial charge in [-0.15, -0.1) is 3.89 Å². The molecule has 0 saturated carbocycles. The van der Waals surface area contributed by atoms with Gasteiger partial charge in [-0.25, -0.2) is 0 Å². The second kappa shape index (κ2) is 7.20. The van der Waals surface area contributed by atoms with Gasteiger partial charge in [-0.3, -0.25) is 8.98 Å². The van der Waals surface area contributed by atoms with Crippen LogP contribution in [0.5, 0.6) is 11.5 Å². The number of benzene rings is 1. The predicted molar refractivity (Wildman–Crippen MR) is 72.0 cm³/mol. The number of anilines is 1. The molecule has 106 valence electrons. The lowest BCUT2D eigenvalue weighted by atomic mass is 10.2. The highest BCUT2D eigenvalue weighted by Crippen LogP contribution is 2.31. The van der Waals surface area contributed by atoms with E-state index in [1.165, 1.54) is 7.11 Å². The molecule has 1 rings (SSSR count). The van der Waals surface area contributed by atoms with Crippen molar-refractivity contribution < 1.29 is 22.3 Å². The number of ether oxygens (including phenoxy) is 2. The topological polar surface area (TPSA) is 56.8 Å². The third kappa shape index (κ3) is 4.96. The minimum Gasteiger partial charge on any atom is -0.493 e. The van der Waals surface area contributed by atoms with Crippen LogP contribution in [0.15, 0.2) is 18.2 Å². The van der Waals surface area contributed by atoms with Crippen LogP contribution in [0.4, 0.5) is 9.57 Å². The molecule has 0 aliphatic heterocycles. The summed E-state index contributed by atoms with van der Waals surface area (Å²) in [4.78, 5) is 10.4. The first-order chi connectivity index (χ1) is 9.02. The van der Waals surface area contributed by atoms with Crippen molar-refractivity contribution in [3.05, 3.63) is 18.2 Å². The Labute approximate surface area is 115 Å². The van der Waals surface area contributed by atoms with E-state index in [9.17, 15) is 8.68 Å². The fourth-order valence-corrected chi connectivity index (χ4v) is 1.52. The monoisotopic (exact) mass is 289 g/mol. The first kappa shape index (κ1) is 15.6. The number of amides is 1. The van der Waals surface area contributed by atoms with E-state index in [2.05, 4.69) is 5.32 Å². The van der Waals surface area contributed by atoms with Crippen molar-refractivity contribution in [1.82, 2.24) is 0 Å². The first-order valence-electron chi connectivity index (χ1n) is 5.50. The SMILES string of the molecule is COc1cc(NC=O)ccc1OCC(C)(C)OSF. The van der Waals surface area contributed by atoms with Crippen molar-refractivity contribution in [3.63, 3.8) is 0 Å². The molecule has 1 aromatic carbocycles. The van der Waals surface area contributed by atoms with Gasteiger partial charge in [0.1, 0.15) is 12.2 Å². The summed E-state index contributed by atoms with van der Waals surface area (Å²) in [6.45, 7) is 3.56. The zero-order valence-corrected chi connectivity index (χ0v) is 11.8. The Morgan fingerprint density at radius 3 is 2.74 bits per heavy atom. The molecule has 0 aliphatic rings. The van der Waals surface area contributed by atoms with Gasteiger partial charge in [-0.05, 0) is 26.0 Å². The number of nitrogens with one attached hydrogen (secondary N) is 1. The van der Waals surface area contributed by atoms with Crippen molar-refractivity contribution in [2.75, 3.05) is 19.0 Å². The molecule has 19 heavy (non-hydrogen) atoms. The van der Waals surface area contributed by atoms with Crippen LogP contribution in [-0.4, -0.2) is 25.7 Å². The number of hydrogen-bond acceptors (Lipinski definition) is 5. The lowest BCUT2D eigenvalue weighted by molar-refractivity contribution is -0.105. The molecule has 5 nitrogen and oxygen atoms in total. The highest BCUT2D eigenvalue weighted by molar-refractivity contribution is 7.89. The predicted octanol–water partition coefficient (Wildman–Crippen LogP) is 2.97. The Balaban J connectivity index is 2.75. The molecule has 0 atom stereocenters. The van der Waals surface area contributed by atoms with Gasteiger partial charge in [-0.2, -0.15) is 0 Å². The second-order valence-electron chi connectivity index (χ2n) is 4.32. The molecule has 0 radical (unpaired) electrons. The van der Waals surface area contributed by atoms with Crippen molar-refractivity contribution >= 4 is 24.5 Å². The second-order valence-corrected chi connectivity index (χ2v) is 4.62. The van der Waals surface area contributed by atoms with E-state index >= 15 is 0 Å². The molecule has 0 saturated heterocycles. The van der Waals surface area contributed by atoms with E-state index in [1.807, 2.05) is 0 Å². The van der Waals surface area contributed by atoms with Crippen LogP contribution in [0.2, 0.25) is 0 Å². The molecule has 0 fully saturated rings. The van der Waals surface area contributed by atoms with E-state index in [-0.39, 0.29) is 19.0 Å². The summed E-state index contributed by atoms with van der Waals surface area (Å²) in [6.07, 6.45) is 0.574. The number of carbonyl (C=O) groups is 1. The van der Waals surface area contributed by atoms with Crippen LogP contribution in [0, 0.1) is 0 Å². The van der Waals surface area contributed by atoms with Crippen LogP contribution < -0.4 is 14.8 Å². The van der Waals surface area contributed by atoms with Crippen LogP contribution >= 0.6 is 12.4 Å². The average Bonchev–Trinajstić information content (AvgIpc) is 2.37. The normalized spacial score (nSPS) is 10.9. The highest BCUT2D eigenvalue weighted by Gasteiger charge is 2.21. The standard InChI is InChI=1S/C12H16FNO4S/c1-12(2,18-19-13)7-17-10-5-4-9(14-8-15)6-11(10)16-3/h4-6,8H,7H2,1-3H3,(H,14,15). The molecule has 0 aromatic heterocycles. The van der Waals surface area contributed by atoms with Gasteiger partial charge in [-0.1, -0.05) is 0 Å². The number of hydrogen-bond donors (Lipinski definition) is 1. The van der Waals surface area contributed by atoms with E-state index in [0.717, 1.165) is 0 Å². The summed E-state index contributed by atoms with van der Waals surface area (Å²) < 4.78 is 27.6. The van der Waals surface area contributed by atoms with E-state index < -0.39 is 5.60 Å². The molecule has 0 unspecified atom stereocenters. The molecular weight excluding hydrogens is 273 g/mol. The van der Waals surface area contributed by atoms with E-state index in [1.54, 1.807) is 32.0 Å². The average molecular weight is 289 g/mol. The maximum atomic E-state index is 12.1. The fraction of sp³-hybridized carbons (Fsp3) is 0.417. The van der Waals surface area contributed by atoms with Crippen molar-refractivity contribution in [2.45, 2.75) is 19.4 Å². The smallest absolute Gasteiger partial charge is 0.211 e. The molecule has 0 aliphatic carbocycles. The number of rotatable bonds is 8. The Morgan fingerprint density at radius 2 is 2.16 bits per heavy atom. The zero-order valence-electron chi connectivity index (χ0n) is 10.9. The third-order valence-electron chi connectivity index (χ3n) is 2.22. The van der Waals surface area contributed by atoms with Crippen LogP contribution in [0.3, 0.4) is 0 Å². The fourth-order valence-electron chi connectivity index (χ4n) is 1.31. The molecule has 0 bridgehead atoms. The molecular formula is C12H16FNO4S. The van der Waals surface area contributed by atoms with E-state index in [4.69, 9.17) is 13.7 Å². The summed E-state index contributed by atoms with van der Waals surface area (Å²) in [7, 11) is 1.49. The van der Waals surface area contributed by atoms with Crippen molar-refractivity contribution in [1.29, 1.82) is 0 Å². The van der Waals surface area contributed by atoms with Gasteiger partial charge < -0.3 is 14.8 Å². The lowest BCUT2D eigenvalue weighted by Crippen LogP contribution is -2.29. The van der Waals surface area contributed by atoms with Gasteiger partial charge in [0, 0.05) is 11.8 Å². The van der Waals surface area contributed by atoms with Gasteiger partial charge >= 0.3 is 0 Å². The van der Waals surface area contributed by atoms with Gasteiger partial charge in [0.05, 0.1) is 7.11 Å². The Morgan fingerprint density at radius 1 is 1.42 bits per heavy atom. The van der Waals surface area contributed by atoms with Gasteiger partial charge in [0.25, 0.3) is 0 Å². The van der Waals surface area contributed by atoms with Crippen molar-refractivity contribution in [3.8, 4) is 11.5 Å². The molecule has 1 aromatic rings. The largest absolute Gasteiger partial charge is 0.493 e. The van der Waals surface area contributed by atoms with Crippen LogP contribution in [0.1, 0.15) is 13.8 Å². The van der Waals surface area contributed by atoms with Crippen molar-refractivity contribution in [2.24, 2.45) is 0 Å². The van der Waals surface area contributed by atoms with Gasteiger partial charge in [0.2, 0.25) is 18.8 Å². The maximum absolute atomic E-state index is 12.1. The molecule has 0 spiro atoms. The quantitative estimate of drug-likeness (QED) is 0.589. The summed E-state index contributed by atoms with van der Waals surface area (Å²) in [6, 6.07) is 4.95. The summed E-state index contributed by atoms with van der Waals surface area (Å²) in [5, 5.41) is 2.51. The summed E-state index contributed by atoms with van der Waals surface area (Å²) >= 11 is -0.197. The Hall–Kier alpha value is -1.47. The minimum absolute atomic E-state index is 0.154. The third-order valence-corrected chi connectivity index (χ3v) is 2.74. The lowest BCUT2D eigenvalue weighted by Gasteiger charge is -2.22. The summed E-state index contributed by atoms with van der Waals surface area (Å²) in [5.41, 5.74) is -0.182. The molecule has 1 amide bonds. The first-order valence-corrected chi connectivity index (χ1v) is 6.14. The Bertz CT molecular complexity index is 428. The molecule has 1 N–H and O–H groups in total. The molecule has 0 heterocycles. The molecule has 7 heteroatoms. The number of carbonyl (C=O) groups excluding carboxylic acids is 1. The summed E-state index contributed by atoms with van der Waals surface area (Å²) in [5.74, 6) is 0.954. The Kier molecular flexibility index (Phi) is 5.91. The number of halogens is 1. The maximum Gasteiger partial charge on any atom is 0.211 e.